The highest BCUT2D eigenvalue weighted by Crippen LogP contribution is 2.28. The van der Waals surface area contributed by atoms with Gasteiger partial charge in [0.2, 0.25) is 0 Å². The van der Waals surface area contributed by atoms with Crippen LogP contribution in [-0.4, -0.2) is 17.2 Å². The number of H-pyrrole nitrogens is 1. The number of aromatic hydroxyl groups is 1. The fourth-order valence-electron chi connectivity index (χ4n) is 2.27. The van der Waals surface area contributed by atoms with E-state index < -0.39 is 0 Å². The van der Waals surface area contributed by atoms with Crippen molar-refractivity contribution in [2.75, 3.05) is 7.11 Å². The van der Waals surface area contributed by atoms with Crippen molar-refractivity contribution in [3.05, 3.63) is 56.3 Å². The van der Waals surface area contributed by atoms with Gasteiger partial charge in [0.25, 0.3) is 0 Å². The van der Waals surface area contributed by atoms with E-state index in [0.717, 1.165) is 9.13 Å². The normalized spacial score (nSPS) is 10.8. The number of benzene rings is 2. The van der Waals surface area contributed by atoms with E-state index in [1.165, 1.54) is 19.2 Å². The molecule has 0 bridgehead atoms. The number of ether oxygens (including phenoxy) is 1. The maximum absolute atomic E-state index is 12.3. The van der Waals surface area contributed by atoms with E-state index >= 15 is 0 Å². The number of rotatable bonds is 2. The standard InChI is InChI=1S/C16H12INO3/c1-21-11-6-13-16(14(19)7-11)15(20)8-12(18-13)9-3-2-4-10(17)5-9/h2-8,19H,1H3,(H,18,20). The quantitative estimate of drug-likeness (QED) is 0.656. The summed E-state index contributed by atoms with van der Waals surface area (Å²) in [6.45, 7) is 0. The van der Waals surface area contributed by atoms with Gasteiger partial charge < -0.3 is 14.8 Å². The molecule has 3 rings (SSSR count). The fourth-order valence-corrected chi connectivity index (χ4v) is 2.82. The molecule has 0 atom stereocenters. The highest BCUT2D eigenvalue weighted by Gasteiger charge is 2.10. The number of nitrogens with one attached hydrogen (secondary N) is 1. The van der Waals surface area contributed by atoms with E-state index in [4.69, 9.17) is 4.74 Å². The molecule has 0 aliphatic carbocycles. The van der Waals surface area contributed by atoms with Crippen molar-refractivity contribution >= 4 is 33.5 Å². The van der Waals surface area contributed by atoms with Crippen molar-refractivity contribution in [1.29, 1.82) is 0 Å². The topological polar surface area (TPSA) is 62.3 Å². The van der Waals surface area contributed by atoms with Crippen LogP contribution in [0, 0.1) is 3.57 Å². The van der Waals surface area contributed by atoms with Crippen LogP contribution in [0.4, 0.5) is 0 Å². The molecule has 3 aromatic rings. The van der Waals surface area contributed by atoms with E-state index in [1.807, 2.05) is 24.3 Å². The van der Waals surface area contributed by atoms with E-state index in [9.17, 15) is 9.90 Å². The third kappa shape index (κ3) is 2.61. The molecule has 21 heavy (non-hydrogen) atoms. The molecule has 0 spiro atoms. The summed E-state index contributed by atoms with van der Waals surface area (Å²) in [5.41, 5.74) is 1.95. The van der Waals surface area contributed by atoms with Crippen molar-refractivity contribution in [3.8, 4) is 22.8 Å². The summed E-state index contributed by atoms with van der Waals surface area (Å²) in [5, 5.41) is 10.2. The van der Waals surface area contributed by atoms with Gasteiger partial charge in [0.15, 0.2) is 5.43 Å². The predicted octanol–water partition coefficient (Wildman–Crippen LogP) is 3.51. The first-order valence-corrected chi connectivity index (χ1v) is 7.36. The number of hydrogen-bond acceptors (Lipinski definition) is 3. The van der Waals surface area contributed by atoms with Crippen LogP contribution in [0.2, 0.25) is 0 Å². The third-order valence-corrected chi connectivity index (χ3v) is 3.92. The van der Waals surface area contributed by atoms with Gasteiger partial charge in [0, 0.05) is 27.5 Å². The van der Waals surface area contributed by atoms with Crippen LogP contribution < -0.4 is 10.2 Å². The Morgan fingerprint density at radius 3 is 2.71 bits per heavy atom. The van der Waals surface area contributed by atoms with Crippen LogP contribution >= 0.6 is 22.6 Å². The second-order valence-corrected chi connectivity index (χ2v) is 5.87. The Balaban J connectivity index is 2.30. The first kappa shape index (κ1) is 13.9. The molecule has 1 heterocycles. The van der Waals surface area contributed by atoms with E-state index in [1.54, 1.807) is 6.07 Å². The molecule has 2 N–H and O–H groups in total. The lowest BCUT2D eigenvalue weighted by molar-refractivity contribution is 0.409. The van der Waals surface area contributed by atoms with Crippen molar-refractivity contribution in [2.45, 2.75) is 0 Å². The van der Waals surface area contributed by atoms with Crippen LogP contribution in [0.3, 0.4) is 0 Å². The van der Waals surface area contributed by atoms with Gasteiger partial charge in [-0.05, 0) is 40.3 Å². The number of hydrogen-bond donors (Lipinski definition) is 2. The van der Waals surface area contributed by atoms with Gasteiger partial charge in [-0.2, -0.15) is 0 Å². The monoisotopic (exact) mass is 393 g/mol. The first-order valence-electron chi connectivity index (χ1n) is 6.28. The second-order valence-electron chi connectivity index (χ2n) is 4.63. The smallest absolute Gasteiger partial charge is 0.193 e. The van der Waals surface area contributed by atoms with Crippen molar-refractivity contribution in [3.63, 3.8) is 0 Å². The Bertz CT molecular complexity index is 886. The Hall–Kier alpha value is -2.02. The molecule has 2 aromatic carbocycles. The molecule has 0 radical (unpaired) electrons. The molecule has 106 valence electrons. The molecule has 0 aliphatic rings. The van der Waals surface area contributed by atoms with Gasteiger partial charge in [-0.3, -0.25) is 4.79 Å². The first-order chi connectivity index (χ1) is 10.1. The van der Waals surface area contributed by atoms with Crippen LogP contribution in [0.1, 0.15) is 0 Å². The van der Waals surface area contributed by atoms with Gasteiger partial charge in [-0.15, -0.1) is 0 Å². The Morgan fingerprint density at radius 2 is 2.00 bits per heavy atom. The highest BCUT2D eigenvalue weighted by atomic mass is 127. The fraction of sp³-hybridized carbons (Fsp3) is 0.0625. The average molecular weight is 393 g/mol. The summed E-state index contributed by atoms with van der Waals surface area (Å²) in [4.78, 5) is 15.4. The van der Waals surface area contributed by atoms with Crippen molar-refractivity contribution < 1.29 is 9.84 Å². The van der Waals surface area contributed by atoms with Gasteiger partial charge in [-0.25, -0.2) is 0 Å². The van der Waals surface area contributed by atoms with Gasteiger partial charge >= 0.3 is 0 Å². The Morgan fingerprint density at radius 1 is 1.19 bits per heavy atom. The number of pyridine rings is 1. The van der Waals surface area contributed by atoms with Crippen LogP contribution in [0.5, 0.6) is 11.5 Å². The minimum Gasteiger partial charge on any atom is -0.507 e. The molecule has 0 fully saturated rings. The molecule has 0 aliphatic heterocycles. The molecular formula is C16H12INO3. The number of halogens is 1. The summed E-state index contributed by atoms with van der Waals surface area (Å²) in [7, 11) is 1.52. The van der Waals surface area contributed by atoms with Gasteiger partial charge in [-0.1, -0.05) is 12.1 Å². The zero-order chi connectivity index (χ0) is 15.0. The number of aromatic amines is 1. The lowest BCUT2D eigenvalue weighted by Crippen LogP contribution is -2.03. The molecule has 5 heteroatoms. The number of methoxy groups -OCH3 is 1. The Labute approximate surface area is 134 Å². The number of aromatic nitrogens is 1. The number of phenols is 1. The third-order valence-electron chi connectivity index (χ3n) is 3.25. The maximum atomic E-state index is 12.3. The lowest BCUT2D eigenvalue weighted by atomic mass is 10.1. The van der Waals surface area contributed by atoms with Gasteiger partial charge in [0.05, 0.1) is 18.0 Å². The summed E-state index contributed by atoms with van der Waals surface area (Å²) in [6, 6.07) is 12.5. The van der Waals surface area contributed by atoms with Gasteiger partial charge in [0.1, 0.15) is 11.5 Å². The molecule has 0 saturated carbocycles. The minimum absolute atomic E-state index is 0.0835. The van der Waals surface area contributed by atoms with Crippen molar-refractivity contribution in [1.82, 2.24) is 4.98 Å². The largest absolute Gasteiger partial charge is 0.507 e. The lowest BCUT2D eigenvalue weighted by Gasteiger charge is -2.08. The number of fused-ring (bicyclic) bond motifs is 1. The maximum Gasteiger partial charge on any atom is 0.193 e. The predicted molar refractivity (Wildman–Crippen MR) is 90.9 cm³/mol. The average Bonchev–Trinajstić information content (AvgIpc) is 2.46. The zero-order valence-corrected chi connectivity index (χ0v) is 13.3. The summed E-state index contributed by atoms with van der Waals surface area (Å²) in [6.07, 6.45) is 0. The van der Waals surface area contributed by atoms with E-state index in [2.05, 4.69) is 27.6 Å². The molecular weight excluding hydrogens is 381 g/mol. The summed E-state index contributed by atoms with van der Waals surface area (Å²) >= 11 is 2.22. The van der Waals surface area contributed by atoms with Crippen molar-refractivity contribution in [2.24, 2.45) is 0 Å². The second kappa shape index (κ2) is 5.40. The Kier molecular flexibility index (Phi) is 3.59. The molecule has 0 unspecified atom stereocenters. The molecule has 4 nitrogen and oxygen atoms in total. The summed E-state index contributed by atoms with van der Waals surface area (Å²) < 4.78 is 6.21. The van der Waals surface area contributed by atoms with E-state index in [-0.39, 0.29) is 16.6 Å². The SMILES string of the molecule is COc1cc(O)c2c(=O)cc(-c3cccc(I)c3)[nH]c2c1. The molecule has 0 saturated heterocycles. The molecule has 0 amide bonds. The minimum atomic E-state index is -0.224. The zero-order valence-electron chi connectivity index (χ0n) is 11.2. The van der Waals surface area contributed by atoms with Crippen LogP contribution in [0.25, 0.3) is 22.2 Å². The molecule has 1 aromatic heterocycles. The van der Waals surface area contributed by atoms with Crippen LogP contribution in [-0.2, 0) is 0 Å². The highest BCUT2D eigenvalue weighted by molar-refractivity contribution is 14.1. The van der Waals surface area contributed by atoms with Crippen LogP contribution in [0.15, 0.2) is 47.3 Å². The van der Waals surface area contributed by atoms with E-state index in [0.29, 0.717) is 17.0 Å². The summed E-state index contributed by atoms with van der Waals surface area (Å²) in [5.74, 6) is 0.412. The number of phenolic OH excluding ortho intramolecular Hbond substituents is 1.